The van der Waals surface area contributed by atoms with Crippen LogP contribution in [0.1, 0.15) is 131 Å². The van der Waals surface area contributed by atoms with Crippen molar-refractivity contribution in [3.63, 3.8) is 0 Å². The number of carbonyl (C=O) groups excluding carboxylic acids is 4. The van der Waals surface area contributed by atoms with Crippen molar-refractivity contribution in [2.75, 3.05) is 26.5 Å². The lowest BCUT2D eigenvalue weighted by Gasteiger charge is -2.18. The third kappa shape index (κ3) is 8.05. The van der Waals surface area contributed by atoms with E-state index in [1.165, 1.54) is 14.0 Å². The number of nitrogens with zero attached hydrogens (tertiary/aromatic N) is 2. The zero-order valence-corrected chi connectivity index (χ0v) is 32.2. The Labute approximate surface area is 308 Å². The molecule has 284 valence electrons. The molecule has 0 saturated heterocycles. The first-order chi connectivity index (χ1) is 25.0. The SMILES string of the molecule is CCC1c2cc3[nH]c(c(CC(=O)OC)c4nc(cc5[nH]c(cc(n2)C1C)c(C(C)=O)c5C)C(C)C4CCC(=O)NC)c(C(=O)NCCS(=O)(=O)O)c3C. The van der Waals surface area contributed by atoms with Crippen molar-refractivity contribution in [1.82, 2.24) is 30.6 Å². The van der Waals surface area contributed by atoms with Gasteiger partial charge < -0.3 is 25.3 Å². The van der Waals surface area contributed by atoms with Crippen LogP contribution in [0, 0.1) is 13.8 Å². The van der Waals surface area contributed by atoms with Crippen molar-refractivity contribution in [1.29, 1.82) is 0 Å². The van der Waals surface area contributed by atoms with Gasteiger partial charge in [-0.05, 0) is 62.9 Å². The summed E-state index contributed by atoms with van der Waals surface area (Å²) in [5.41, 5.74) is 7.21. The summed E-state index contributed by atoms with van der Waals surface area (Å²) >= 11 is 0. The molecule has 15 heteroatoms. The Morgan fingerprint density at radius 2 is 1.51 bits per heavy atom. The van der Waals surface area contributed by atoms with Crippen LogP contribution in [0.25, 0.3) is 22.1 Å². The summed E-state index contributed by atoms with van der Waals surface area (Å²) in [5, 5.41) is 5.27. The average Bonchev–Trinajstić information content (AvgIpc) is 3.78. The summed E-state index contributed by atoms with van der Waals surface area (Å²) < 4.78 is 37.5. The first-order valence-electron chi connectivity index (χ1n) is 17.8. The molecule has 2 aliphatic heterocycles. The Morgan fingerprint density at radius 1 is 0.906 bits per heavy atom. The van der Waals surface area contributed by atoms with Crippen LogP contribution < -0.4 is 10.6 Å². The lowest BCUT2D eigenvalue weighted by atomic mass is 9.85. The minimum absolute atomic E-state index is 0.00222. The van der Waals surface area contributed by atoms with E-state index in [1.54, 1.807) is 14.0 Å². The Bertz CT molecular complexity index is 2260. The lowest BCUT2D eigenvalue weighted by molar-refractivity contribution is -0.139. The summed E-state index contributed by atoms with van der Waals surface area (Å²) in [5.74, 6) is -2.82. The third-order valence-corrected chi connectivity index (χ3v) is 11.4. The molecule has 5 heterocycles. The Kier molecular flexibility index (Phi) is 11.6. The van der Waals surface area contributed by atoms with Crippen molar-refractivity contribution in [3.8, 4) is 0 Å². The summed E-state index contributed by atoms with van der Waals surface area (Å²) in [6.45, 7) is 10.9. The molecule has 3 aromatic rings. The van der Waals surface area contributed by atoms with Crippen LogP contribution >= 0.6 is 0 Å². The van der Waals surface area contributed by atoms with Gasteiger partial charge in [0, 0.05) is 82.9 Å². The van der Waals surface area contributed by atoms with E-state index in [4.69, 9.17) is 14.7 Å². The topological polar surface area (TPSA) is 213 Å². The Morgan fingerprint density at radius 3 is 2.13 bits per heavy atom. The van der Waals surface area contributed by atoms with E-state index in [9.17, 15) is 32.1 Å². The number of Topliss-reactive ketones (excluding diaryl/α,β-unsaturated/α-hetero) is 1. The number of nitrogens with one attached hydrogen (secondary N) is 4. The van der Waals surface area contributed by atoms with Crippen LogP contribution in [-0.2, 0) is 30.9 Å². The molecular formula is C38H48N6O8S. The maximum absolute atomic E-state index is 14.0. The smallest absolute Gasteiger partial charge is 0.310 e. The molecule has 2 aliphatic rings. The highest BCUT2D eigenvalue weighted by Crippen LogP contribution is 2.43. The number of ether oxygens (including phenoxy) is 1. The number of aryl methyl sites for hydroxylation is 2. The molecular weight excluding hydrogens is 701 g/mol. The van der Waals surface area contributed by atoms with Crippen LogP contribution in [0.3, 0.4) is 0 Å². The van der Waals surface area contributed by atoms with Gasteiger partial charge in [0.15, 0.2) is 5.78 Å². The zero-order chi connectivity index (χ0) is 38.9. The molecule has 5 N–H and O–H groups in total. The average molecular weight is 749 g/mol. The molecule has 0 aromatic carbocycles. The number of aromatic nitrogens is 4. The second-order valence-corrected chi connectivity index (χ2v) is 15.5. The number of H-pyrrole nitrogens is 2. The van der Waals surface area contributed by atoms with Crippen molar-refractivity contribution in [2.45, 2.75) is 90.9 Å². The van der Waals surface area contributed by atoms with Crippen molar-refractivity contribution in [3.05, 3.63) is 68.8 Å². The first kappa shape index (κ1) is 39.3. The van der Waals surface area contributed by atoms with E-state index >= 15 is 0 Å². The molecule has 4 atom stereocenters. The second kappa shape index (κ2) is 15.6. The quantitative estimate of drug-likeness (QED) is 0.0985. The van der Waals surface area contributed by atoms with Gasteiger partial charge in [-0.3, -0.25) is 33.7 Å². The number of methoxy groups -OCH3 is 1. The molecule has 2 amide bonds. The first-order valence-corrected chi connectivity index (χ1v) is 19.4. The van der Waals surface area contributed by atoms with E-state index in [-0.39, 0.29) is 60.3 Å². The molecule has 0 spiro atoms. The molecule has 3 aromatic heterocycles. The van der Waals surface area contributed by atoms with Gasteiger partial charge in [0.25, 0.3) is 16.0 Å². The number of hydrogen-bond acceptors (Lipinski definition) is 9. The highest BCUT2D eigenvalue weighted by molar-refractivity contribution is 7.85. The van der Waals surface area contributed by atoms with Gasteiger partial charge in [0.05, 0.1) is 41.6 Å². The predicted molar refractivity (Wildman–Crippen MR) is 201 cm³/mol. The van der Waals surface area contributed by atoms with E-state index in [2.05, 4.69) is 34.4 Å². The van der Waals surface area contributed by atoms with Crippen molar-refractivity contribution < 1.29 is 36.9 Å². The van der Waals surface area contributed by atoms with Gasteiger partial charge >= 0.3 is 5.97 Å². The van der Waals surface area contributed by atoms with Crippen LogP contribution in [0.5, 0.6) is 0 Å². The molecule has 4 unspecified atom stereocenters. The number of rotatable bonds is 11. The van der Waals surface area contributed by atoms with Gasteiger partial charge in [-0.25, -0.2) is 0 Å². The highest BCUT2D eigenvalue weighted by Gasteiger charge is 2.34. The summed E-state index contributed by atoms with van der Waals surface area (Å²) in [4.78, 5) is 69.8. The zero-order valence-electron chi connectivity index (χ0n) is 31.4. The minimum Gasteiger partial charge on any atom is -0.469 e. The fraction of sp³-hybridized carbons (Fsp3) is 0.474. The molecule has 0 aliphatic carbocycles. The number of hydrogen-bond donors (Lipinski definition) is 5. The third-order valence-electron chi connectivity index (χ3n) is 10.6. The maximum Gasteiger partial charge on any atom is 0.310 e. The second-order valence-electron chi connectivity index (χ2n) is 13.9. The van der Waals surface area contributed by atoms with Crippen molar-refractivity contribution in [2.24, 2.45) is 0 Å². The van der Waals surface area contributed by atoms with Crippen LogP contribution in [0.15, 0.2) is 18.2 Å². The minimum atomic E-state index is -4.36. The summed E-state index contributed by atoms with van der Waals surface area (Å²) in [7, 11) is -1.54. The van der Waals surface area contributed by atoms with Crippen molar-refractivity contribution >= 4 is 55.8 Å². The number of amides is 2. The number of aromatic amines is 2. The molecule has 5 rings (SSSR count). The molecule has 0 fully saturated rings. The highest BCUT2D eigenvalue weighted by atomic mass is 32.2. The normalized spacial score (nSPS) is 18.4. The molecule has 8 bridgehead atoms. The maximum atomic E-state index is 14.0. The standard InChI is InChI=1S/C38H48N6O8S/c1-9-23-18(2)26-17-31-34(22(6)45)20(4)28(42-31)15-27-19(3)24(10-11-32(46)39-7)36(43-27)25(14-33(47)52-8)37-35(38(48)40-12-13-53(49,50)51)21(5)29(44-37)16-30(23)41-26/h15-19,23-24,42,44H,9-14H2,1-8H3,(H,39,46)(H,40,48)(H,49,50,51). The van der Waals surface area contributed by atoms with Gasteiger partial charge in [-0.1, -0.05) is 20.8 Å². The molecule has 0 saturated carbocycles. The van der Waals surface area contributed by atoms with Gasteiger partial charge in [0.1, 0.15) is 0 Å². The fourth-order valence-electron chi connectivity index (χ4n) is 7.64. The van der Waals surface area contributed by atoms with E-state index in [0.29, 0.717) is 56.6 Å². The Balaban J connectivity index is 1.98. The molecule has 0 radical (unpaired) electrons. The summed E-state index contributed by atoms with van der Waals surface area (Å²) in [6, 6.07) is 5.69. The van der Waals surface area contributed by atoms with Gasteiger partial charge in [0.2, 0.25) is 5.91 Å². The van der Waals surface area contributed by atoms with E-state index in [0.717, 1.165) is 23.4 Å². The number of esters is 1. The van der Waals surface area contributed by atoms with Crippen LogP contribution in [-0.4, -0.2) is 82.9 Å². The Hall–Kier alpha value is -4.89. The van der Waals surface area contributed by atoms with E-state index < -0.39 is 27.7 Å². The summed E-state index contributed by atoms with van der Waals surface area (Å²) in [6.07, 6.45) is 1.01. The number of carbonyl (C=O) groups is 4. The van der Waals surface area contributed by atoms with Crippen LogP contribution in [0.2, 0.25) is 0 Å². The largest absolute Gasteiger partial charge is 0.469 e. The van der Waals surface area contributed by atoms with Gasteiger partial charge in [-0.15, -0.1) is 0 Å². The van der Waals surface area contributed by atoms with E-state index in [1.807, 2.05) is 32.0 Å². The fourth-order valence-corrected chi connectivity index (χ4v) is 8.00. The monoisotopic (exact) mass is 748 g/mol. The molecule has 53 heavy (non-hydrogen) atoms. The van der Waals surface area contributed by atoms with Crippen LogP contribution in [0.4, 0.5) is 0 Å². The predicted octanol–water partition coefficient (Wildman–Crippen LogP) is 5.18. The number of ketones is 1. The number of fused-ring (bicyclic) bond motifs is 8. The molecule has 14 nitrogen and oxygen atoms in total. The van der Waals surface area contributed by atoms with Gasteiger partial charge in [-0.2, -0.15) is 8.42 Å². The lowest BCUT2D eigenvalue weighted by Crippen LogP contribution is -2.29.